The van der Waals surface area contributed by atoms with Gasteiger partial charge in [0, 0.05) is 23.5 Å². The second-order valence-corrected chi connectivity index (χ2v) is 11.5. The maximum atomic E-state index is 13.1. The zero-order chi connectivity index (χ0) is 29.0. The number of hydrogen-bond donors (Lipinski definition) is 2. The molecular formula is C30H28FN5O4S. The first-order valence-corrected chi connectivity index (χ1v) is 14.7. The average Bonchev–Trinajstić information content (AvgIpc) is 3.37. The van der Waals surface area contributed by atoms with Crippen LogP contribution in [0.5, 0.6) is 5.75 Å². The van der Waals surface area contributed by atoms with Crippen molar-refractivity contribution < 1.29 is 22.3 Å². The monoisotopic (exact) mass is 573 g/mol. The molecule has 1 amide bonds. The van der Waals surface area contributed by atoms with Gasteiger partial charge < -0.3 is 15.4 Å². The summed E-state index contributed by atoms with van der Waals surface area (Å²) in [6.45, 7) is 3.79. The molecule has 5 rings (SSSR count). The summed E-state index contributed by atoms with van der Waals surface area (Å²) < 4.78 is 45.0. The summed E-state index contributed by atoms with van der Waals surface area (Å²) >= 11 is 0. The van der Waals surface area contributed by atoms with E-state index in [9.17, 15) is 17.6 Å². The van der Waals surface area contributed by atoms with Crippen LogP contribution in [0, 0.1) is 5.82 Å². The summed E-state index contributed by atoms with van der Waals surface area (Å²) in [4.78, 5) is 17.1. The lowest BCUT2D eigenvalue weighted by Gasteiger charge is -2.12. The molecule has 0 aliphatic heterocycles. The molecule has 9 nitrogen and oxygen atoms in total. The third-order valence-electron chi connectivity index (χ3n) is 6.35. The zero-order valence-electron chi connectivity index (χ0n) is 22.5. The van der Waals surface area contributed by atoms with Crippen molar-refractivity contribution in [2.45, 2.75) is 25.2 Å². The van der Waals surface area contributed by atoms with Crippen LogP contribution in [-0.4, -0.2) is 41.3 Å². The van der Waals surface area contributed by atoms with Gasteiger partial charge in [-0.15, -0.1) is 5.10 Å². The van der Waals surface area contributed by atoms with E-state index in [-0.39, 0.29) is 28.8 Å². The zero-order valence-corrected chi connectivity index (χ0v) is 23.3. The minimum Gasteiger partial charge on any atom is -0.492 e. The van der Waals surface area contributed by atoms with E-state index >= 15 is 0 Å². The summed E-state index contributed by atoms with van der Waals surface area (Å²) in [5, 5.41) is 10.5. The van der Waals surface area contributed by atoms with E-state index in [1.807, 2.05) is 49.5 Å². The van der Waals surface area contributed by atoms with Crippen molar-refractivity contribution in [1.29, 1.82) is 0 Å². The molecule has 11 heteroatoms. The Labute approximate surface area is 236 Å². The average molecular weight is 574 g/mol. The first-order chi connectivity index (χ1) is 19.7. The predicted molar refractivity (Wildman–Crippen MR) is 156 cm³/mol. The molecule has 0 fully saturated rings. The van der Waals surface area contributed by atoms with Crippen molar-refractivity contribution in [3.8, 4) is 16.9 Å². The van der Waals surface area contributed by atoms with Crippen LogP contribution in [0.2, 0.25) is 0 Å². The van der Waals surface area contributed by atoms with Crippen molar-refractivity contribution >= 4 is 38.7 Å². The molecule has 0 saturated carbocycles. The fraction of sp³-hybridized carbons (Fsp3) is 0.167. The molecule has 0 aliphatic carbocycles. The maximum Gasteiger partial charge on any atom is 0.247 e. The van der Waals surface area contributed by atoms with Crippen LogP contribution in [0.4, 0.5) is 21.7 Å². The number of carbonyl (C=O) groups is 1. The minimum absolute atomic E-state index is 0.00343. The van der Waals surface area contributed by atoms with E-state index < -0.39 is 9.84 Å². The van der Waals surface area contributed by atoms with Gasteiger partial charge in [-0.25, -0.2) is 17.3 Å². The molecule has 41 heavy (non-hydrogen) atoms. The van der Waals surface area contributed by atoms with Crippen LogP contribution in [0.1, 0.15) is 19.4 Å². The van der Waals surface area contributed by atoms with E-state index in [1.165, 1.54) is 24.3 Å². The normalized spacial score (nSPS) is 11.4. The number of nitrogens with one attached hydrogen (secondary N) is 2. The van der Waals surface area contributed by atoms with Crippen LogP contribution < -0.4 is 15.4 Å². The smallest absolute Gasteiger partial charge is 0.247 e. The number of carbonyl (C=O) groups excluding carboxylic acids is 1. The van der Waals surface area contributed by atoms with Crippen molar-refractivity contribution in [2.24, 2.45) is 0 Å². The second-order valence-electron chi connectivity index (χ2n) is 9.20. The van der Waals surface area contributed by atoms with Crippen molar-refractivity contribution in [1.82, 2.24) is 14.6 Å². The molecule has 0 spiro atoms. The Hall–Kier alpha value is -4.77. The van der Waals surface area contributed by atoms with Gasteiger partial charge in [0.25, 0.3) is 0 Å². The Balaban J connectivity index is 1.30. The number of sulfone groups is 1. The largest absolute Gasteiger partial charge is 0.492 e. The third-order valence-corrected chi connectivity index (χ3v) is 8.08. The van der Waals surface area contributed by atoms with Gasteiger partial charge in [0.15, 0.2) is 15.5 Å². The van der Waals surface area contributed by atoms with Gasteiger partial charge >= 0.3 is 0 Å². The third kappa shape index (κ3) is 6.52. The van der Waals surface area contributed by atoms with E-state index in [2.05, 4.69) is 20.7 Å². The van der Waals surface area contributed by atoms with Crippen LogP contribution >= 0.6 is 0 Å². The Morgan fingerprint density at radius 2 is 1.68 bits per heavy atom. The van der Waals surface area contributed by atoms with Crippen molar-refractivity contribution in [2.75, 3.05) is 23.0 Å². The number of ether oxygens (including phenoxy) is 1. The number of fused-ring (bicyclic) bond motifs is 1. The highest BCUT2D eigenvalue weighted by Gasteiger charge is 2.16. The summed E-state index contributed by atoms with van der Waals surface area (Å²) in [5.41, 5.74) is 4.35. The number of amides is 1. The van der Waals surface area contributed by atoms with Crippen LogP contribution in [0.25, 0.3) is 16.8 Å². The Morgan fingerprint density at radius 1 is 0.951 bits per heavy atom. The Morgan fingerprint density at radius 3 is 2.39 bits per heavy atom. The van der Waals surface area contributed by atoms with Crippen LogP contribution in [0.3, 0.4) is 0 Å². The van der Waals surface area contributed by atoms with Crippen molar-refractivity contribution in [3.63, 3.8) is 0 Å². The number of rotatable bonds is 10. The van der Waals surface area contributed by atoms with Gasteiger partial charge in [-0.05, 0) is 66.6 Å². The number of pyridine rings is 1. The van der Waals surface area contributed by atoms with Crippen LogP contribution in [-0.2, 0) is 21.1 Å². The number of benzene rings is 3. The molecule has 0 bridgehead atoms. The Bertz CT molecular complexity index is 1800. The molecule has 0 radical (unpaired) electrons. The molecule has 0 unspecified atom stereocenters. The number of nitrogens with zero attached hydrogens (tertiary/aromatic N) is 3. The fourth-order valence-corrected chi connectivity index (χ4v) is 5.10. The van der Waals surface area contributed by atoms with Crippen LogP contribution in [0.15, 0.2) is 90.0 Å². The molecule has 210 valence electrons. The summed E-state index contributed by atoms with van der Waals surface area (Å²) in [7, 11) is -3.38. The molecule has 2 aromatic heterocycles. The second kappa shape index (κ2) is 11.8. The topological polar surface area (TPSA) is 115 Å². The highest BCUT2D eigenvalue weighted by atomic mass is 32.2. The predicted octanol–water partition coefficient (Wildman–Crippen LogP) is 5.65. The number of aromatic nitrogens is 3. The molecule has 5 aromatic rings. The first kappa shape index (κ1) is 27.8. The van der Waals surface area contributed by atoms with E-state index in [0.29, 0.717) is 35.3 Å². The summed E-state index contributed by atoms with van der Waals surface area (Å²) in [6, 6.07) is 21.7. The molecule has 2 N–H and O–H groups in total. The quantitative estimate of drug-likeness (QED) is 0.222. The highest BCUT2D eigenvalue weighted by molar-refractivity contribution is 7.91. The molecule has 3 aromatic carbocycles. The number of anilines is 3. The van der Waals surface area contributed by atoms with Gasteiger partial charge in [-0.2, -0.15) is 4.98 Å². The highest BCUT2D eigenvalue weighted by Crippen LogP contribution is 2.31. The standard InChI is InChI=1S/C30H28FN5O4S/c1-3-40-27-18-25(41(38,39)4-2)14-15-26(27)33-30-34-28-16-9-22(19-36(28)35-30)21-7-12-24(13-8-21)32-29(37)17-20-5-10-23(31)11-6-20/h5-16,18-19H,3-4,17H2,1-2H3,(H,32,37)(H,33,35). The fourth-order valence-electron chi connectivity index (χ4n) is 4.21. The van der Waals surface area contributed by atoms with Crippen molar-refractivity contribution in [3.05, 3.63) is 96.4 Å². The number of halogens is 1. The number of hydrogen-bond acceptors (Lipinski definition) is 7. The summed E-state index contributed by atoms with van der Waals surface area (Å²) in [5.74, 6) is 0.187. The molecular weight excluding hydrogens is 545 g/mol. The van der Waals surface area contributed by atoms with Gasteiger partial charge in [0.1, 0.15) is 11.6 Å². The first-order valence-electron chi connectivity index (χ1n) is 13.0. The summed E-state index contributed by atoms with van der Waals surface area (Å²) in [6.07, 6.45) is 1.99. The van der Waals surface area contributed by atoms with E-state index in [1.54, 1.807) is 29.6 Å². The molecule has 2 heterocycles. The minimum atomic E-state index is -3.38. The van der Waals surface area contributed by atoms with E-state index in [0.717, 1.165) is 16.7 Å². The Kier molecular flexibility index (Phi) is 7.97. The molecule has 0 atom stereocenters. The van der Waals surface area contributed by atoms with Gasteiger partial charge in [-0.3, -0.25) is 4.79 Å². The SMILES string of the molecule is CCOc1cc(S(=O)(=O)CC)ccc1Nc1nc2ccc(-c3ccc(NC(=O)Cc4ccc(F)cc4)cc3)cn2n1. The maximum absolute atomic E-state index is 13.1. The van der Waals surface area contributed by atoms with Gasteiger partial charge in [0.2, 0.25) is 11.9 Å². The lowest BCUT2D eigenvalue weighted by Crippen LogP contribution is -2.14. The van der Waals surface area contributed by atoms with Gasteiger partial charge in [0.05, 0.1) is 29.4 Å². The molecule has 0 aliphatic rings. The van der Waals surface area contributed by atoms with E-state index in [4.69, 9.17) is 4.74 Å². The molecule has 0 saturated heterocycles. The lowest BCUT2D eigenvalue weighted by molar-refractivity contribution is -0.115. The van der Waals surface area contributed by atoms with Gasteiger partial charge in [-0.1, -0.05) is 31.2 Å². The lowest BCUT2D eigenvalue weighted by atomic mass is 10.1.